The smallest absolute Gasteiger partial charge is 0.236 e. The van der Waals surface area contributed by atoms with Crippen LogP contribution >= 0.6 is 22.7 Å². The topological polar surface area (TPSA) is 105 Å². The Bertz CT molecular complexity index is 9940. The predicted octanol–water partition coefficient (Wildman–Crippen LogP) is 30.1. The Morgan fingerprint density at radius 2 is 0.734 bits per heavy atom. The van der Waals surface area contributed by atoms with Crippen LogP contribution in [0.5, 0.6) is 0 Å². The van der Waals surface area contributed by atoms with Crippen LogP contribution in [0.2, 0.25) is 0 Å². The lowest BCUT2D eigenvalue weighted by molar-refractivity contribution is 0.666. The molecule has 18 aromatic carbocycles. The summed E-state index contributed by atoms with van der Waals surface area (Å²) >= 11 is 3.19. The molecule has 0 amide bonds. The van der Waals surface area contributed by atoms with Crippen LogP contribution in [0.25, 0.3) is 245 Å². The number of hydrogen-bond acceptors (Lipinski definition) is 9. The van der Waals surface area contributed by atoms with Gasteiger partial charge in [0.15, 0.2) is 5.58 Å². The standard InChI is InChI=1S/C44H25N3S.C36H23N3S.C32H19N3O/c1-2-13-27-25-38-36(24-26(27)12-1)31-17-7-9-22-37(31)47(38)44-45-42(41-34-19-8-10-23-39(34)48-43(41)46-44)35-21-11-20-33-30-15-4-3-14-28(30)29-16-5-6-18-32(29)40(33)35;1-2-10-23-19-26(18-17-22(23)9-1)33-35-34(28-14-6-8-16-32(28)40-35)38-36(37-33)39-30-15-7-5-13-27(30)29-20-24-11-3-4-12-25(24)21-31(29)39;1-2-10-20(11-3-1)29-31-30(24-15-7-9-17-28(24)36-31)34-32(33-29)35-26-16-8-6-14-23(26)25-18-21-12-4-5-13-22(21)19-27(25)35/h1-25H;1-16,19-21H,17-18H2;1-19H/i;1D,2D,9D,10D,17D,18D,19D;1D,2D,3D,10D,11D. The van der Waals surface area contributed by atoms with E-state index in [0.717, 1.165) is 113 Å². The summed E-state index contributed by atoms with van der Waals surface area (Å²) in [7, 11) is 0. The molecule has 1 aliphatic carbocycles. The van der Waals surface area contributed by atoms with Gasteiger partial charge >= 0.3 is 0 Å². The van der Waals surface area contributed by atoms with Crippen LogP contribution < -0.4 is 0 Å². The van der Waals surface area contributed by atoms with Gasteiger partial charge in [0.25, 0.3) is 0 Å². The van der Waals surface area contributed by atoms with E-state index in [4.69, 9.17) is 48.0 Å². The van der Waals surface area contributed by atoms with E-state index in [0.29, 0.717) is 44.9 Å². The van der Waals surface area contributed by atoms with Gasteiger partial charge in [0, 0.05) is 77.1 Å². The van der Waals surface area contributed by atoms with Crippen molar-refractivity contribution in [1.82, 2.24) is 43.6 Å². The fraction of sp³-hybridized carbons (Fsp3) is 0.0179. The van der Waals surface area contributed by atoms with Gasteiger partial charge in [-0.2, -0.15) is 0 Å². The van der Waals surface area contributed by atoms with Crippen molar-refractivity contribution < 1.29 is 20.9 Å². The maximum Gasteiger partial charge on any atom is 0.236 e. The Morgan fingerprint density at radius 1 is 0.306 bits per heavy atom. The number of rotatable bonds is 6. The molecule has 12 heteroatoms. The first-order chi connectivity index (χ1) is 66.5. The van der Waals surface area contributed by atoms with Gasteiger partial charge in [-0.25, -0.2) is 29.9 Å². The molecule has 0 aliphatic heterocycles. The summed E-state index contributed by atoms with van der Waals surface area (Å²) in [6.45, 7) is 0. The molecular formula is C112H67N9OS2. The molecule has 27 aromatic rings. The van der Waals surface area contributed by atoms with Crippen LogP contribution in [0.4, 0.5) is 0 Å². The van der Waals surface area contributed by atoms with Gasteiger partial charge in [-0.1, -0.05) is 297 Å². The molecule has 0 spiro atoms. The van der Waals surface area contributed by atoms with Gasteiger partial charge in [0.2, 0.25) is 17.8 Å². The lowest BCUT2D eigenvalue weighted by atomic mass is 9.90. The minimum atomic E-state index is -1.35. The van der Waals surface area contributed by atoms with E-state index in [2.05, 4.69) is 217 Å². The molecule has 2 unspecified atom stereocenters. The normalized spacial score (nSPS) is 15.1. The molecule has 0 bridgehead atoms. The molecule has 2 atom stereocenters. The SMILES string of the molecule is [2H]C1=C(c2nc(-n3c4ccccc4c4cc5ccccc5cc43)nc3c2sc2ccccc23)C([2H])C([2H])c2c([2H])c([2H])c([2H])c([2H])c21.[2H]c1c([2H])c([2H])c(-c2nc(-n3c4ccccc4c4cc5ccccc5cc43)nc3c2oc2ccccc23)c([2H])c1[2H].c1ccc2cc3c(cc2c1)c1ccccc1n3-c1nc(-c2cccc3c4ccccc4c4ccccc4c23)c2c(n1)sc1ccccc12. The Kier molecular flexibility index (Phi) is 13.2. The number of furan rings is 1. The van der Waals surface area contributed by atoms with Crippen molar-refractivity contribution in [2.45, 2.75) is 12.8 Å². The summed E-state index contributed by atoms with van der Waals surface area (Å²) in [5.74, 6) is 1.35. The third-order valence-corrected chi connectivity index (χ3v) is 26.5. The van der Waals surface area contributed by atoms with Crippen LogP contribution in [0.15, 0.2) is 380 Å². The second-order valence-corrected chi connectivity index (χ2v) is 33.2. The highest BCUT2D eigenvalue weighted by atomic mass is 32.1. The maximum atomic E-state index is 9.35. The maximum absolute atomic E-state index is 9.35. The minimum absolute atomic E-state index is 0.0270. The molecule has 28 rings (SSSR count). The van der Waals surface area contributed by atoms with Crippen molar-refractivity contribution in [3.05, 3.63) is 393 Å². The zero-order chi connectivity index (χ0) is 91.6. The van der Waals surface area contributed by atoms with Crippen molar-refractivity contribution in [3.8, 4) is 40.4 Å². The molecule has 578 valence electrons. The van der Waals surface area contributed by atoms with Crippen LogP contribution in [-0.4, -0.2) is 43.6 Å². The molecule has 0 N–H and O–H groups in total. The van der Waals surface area contributed by atoms with Crippen molar-refractivity contribution >= 4 is 227 Å². The number of thiophene rings is 2. The first kappa shape index (κ1) is 58.9. The van der Waals surface area contributed by atoms with E-state index in [1.54, 1.807) is 11.3 Å². The largest absolute Gasteiger partial charge is 0.452 e. The molecule has 1 aliphatic rings. The number of hydrogen-bond donors (Lipinski definition) is 0. The number of aromatic nitrogens is 9. The highest BCUT2D eigenvalue weighted by Crippen LogP contribution is 2.48. The third kappa shape index (κ3) is 11.0. The van der Waals surface area contributed by atoms with E-state index >= 15 is 0 Å². The summed E-state index contributed by atoms with van der Waals surface area (Å²) in [6, 6.07) is 107. The van der Waals surface area contributed by atoms with Crippen molar-refractivity contribution in [1.29, 1.82) is 0 Å². The highest BCUT2D eigenvalue weighted by molar-refractivity contribution is 7.26. The number of nitrogens with zero attached hydrogens (tertiary/aromatic N) is 9. The van der Waals surface area contributed by atoms with Crippen molar-refractivity contribution in [2.24, 2.45) is 0 Å². The van der Waals surface area contributed by atoms with E-state index in [-0.39, 0.29) is 63.8 Å². The third-order valence-electron chi connectivity index (χ3n) is 24.3. The van der Waals surface area contributed by atoms with Crippen LogP contribution in [0.1, 0.15) is 39.7 Å². The van der Waals surface area contributed by atoms with Gasteiger partial charge < -0.3 is 4.42 Å². The quantitative estimate of drug-likeness (QED) is 0.153. The second kappa shape index (κ2) is 27.9. The first-order valence-electron chi connectivity index (χ1n) is 47.0. The van der Waals surface area contributed by atoms with Crippen LogP contribution in [0.3, 0.4) is 0 Å². The molecule has 10 nitrogen and oxygen atoms in total. The lowest BCUT2D eigenvalue weighted by Crippen LogP contribution is -2.06. The first-order valence-corrected chi connectivity index (χ1v) is 42.5. The highest BCUT2D eigenvalue weighted by Gasteiger charge is 2.28. The number of para-hydroxylation sites is 4. The Hall–Kier alpha value is -15.9. The van der Waals surface area contributed by atoms with Crippen LogP contribution in [-0.2, 0) is 6.40 Å². The van der Waals surface area contributed by atoms with Crippen LogP contribution in [0, 0.1) is 0 Å². The minimum Gasteiger partial charge on any atom is -0.452 e. The Labute approximate surface area is 732 Å². The summed E-state index contributed by atoms with van der Waals surface area (Å²) < 4.78 is 119. The molecular weight excluding hydrogens is 1550 g/mol. The molecule has 0 saturated heterocycles. The predicted molar refractivity (Wildman–Crippen MR) is 521 cm³/mol. The van der Waals surface area contributed by atoms with Gasteiger partial charge in [0.05, 0.1) is 68.4 Å². The summed E-state index contributed by atoms with van der Waals surface area (Å²) in [4.78, 5) is 32.2. The number of fused-ring (bicyclic) bond motifs is 28. The molecule has 124 heavy (non-hydrogen) atoms. The summed E-state index contributed by atoms with van der Waals surface area (Å²) in [6.07, 6.45) is -2.68. The van der Waals surface area contributed by atoms with Gasteiger partial charge in [-0.15, -0.1) is 22.7 Å². The van der Waals surface area contributed by atoms with Crippen molar-refractivity contribution in [3.63, 3.8) is 0 Å². The zero-order valence-electron chi connectivity index (χ0n) is 77.5. The average Bonchev–Trinajstić information content (AvgIpc) is 1.43. The van der Waals surface area contributed by atoms with Gasteiger partial charge in [0.1, 0.15) is 21.6 Å². The Morgan fingerprint density at radius 3 is 1.31 bits per heavy atom. The van der Waals surface area contributed by atoms with Crippen molar-refractivity contribution in [2.75, 3.05) is 0 Å². The number of allylic oxidation sites excluding steroid dienone is 1. The van der Waals surface area contributed by atoms with E-state index in [1.165, 1.54) is 75.3 Å². The monoisotopic (exact) mass is 1630 g/mol. The molecule has 9 heterocycles. The van der Waals surface area contributed by atoms with E-state index < -0.39 is 43.0 Å². The van der Waals surface area contributed by atoms with E-state index in [1.807, 2.05) is 118 Å². The molecule has 0 radical (unpaired) electrons. The number of benzene rings is 18. The van der Waals surface area contributed by atoms with Gasteiger partial charge in [-0.3, -0.25) is 13.7 Å². The molecule has 0 saturated carbocycles. The molecule has 9 aromatic heterocycles. The summed E-state index contributed by atoms with van der Waals surface area (Å²) in [5, 5.41) is 24.7. The summed E-state index contributed by atoms with van der Waals surface area (Å²) in [5.41, 5.74) is 10.4. The zero-order valence-corrected chi connectivity index (χ0v) is 67.1. The Balaban J connectivity index is 0.000000106. The fourth-order valence-electron chi connectivity index (χ4n) is 18.8. The van der Waals surface area contributed by atoms with E-state index in [9.17, 15) is 2.74 Å². The molecule has 0 fully saturated rings. The fourth-order valence-corrected chi connectivity index (χ4v) is 21.0. The second-order valence-electron chi connectivity index (χ2n) is 31.1. The van der Waals surface area contributed by atoms with Gasteiger partial charge in [-0.05, 0) is 179 Å². The lowest BCUT2D eigenvalue weighted by Gasteiger charge is -2.17. The average molecular weight is 1630 g/mol.